The monoisotopic (exact) mass is 361 g/mol. The number of hydrogen-bond acceptors (Lipinski definition) is 1. The molecule has 1 fully saturated rings. The minimum atomic E-state index is -0.159. The summed E-state index contributed by atoms with van der Waals surface area (Å²) in [4.78, 5) is 0. The highest BCUT2D eigenvalue weighted by Gasteiger charge is 2.24. The minimum Gasteiger partial charge on any atom is -0.381 e. The van der Waals surface area contributed by atoms with E-state index < -0.39 is 0 Å². The highest BCUT2D eigenvalue weighted by atomic mass is 127. The summed E-state index contributed by atoms with van der Waals surface area (Å²) >= 11 is 2.20. The van der Waals surface area contributed by atoms with Crippen LogP contribution in [-0.2, 0) is 0 Å². The molecule has 1 aromatic carbocycles. The SMILES string of the molecule is CC(C)C1CCCC(Nc2ccc(F)cc2I)C1. The van der Waals surface area contributed by atoms with E-state index in [1.54, 1.807) is 6.07 Å². The summed E-state index contributed by atoms with van der Waals surface area (Å²) in [6.07, 6.45) is 5.14. The summed E-state index contributed by atoms with van der Waals surface area (Å²) < 4.78 is 14.0. The number of hydrogen-bond donors (Lipinski definition) is 1. The third-order valence-corrected chi connectivity index (χ3v) is 4.84. The van der Waals surface area contributed by atoms with E-state index in [1.165, 1.54) is 31.7 Å². The fraction of sp³-hybridized carbons (Fsp3) is 0.600. The summed E-state index contributed by atoms with van der Waals surface area (Å²) in [6, 6.07) is 5.53. The zero-order chi connectivity index (χ0) is 13.1. The lowest BCUT2D eigenvalue weighted by Gasteiger charge is -2.32. The maximum atomic E-state index is 13.1. The Kier molecular flexibility index (Phi) is 4.87. The van der Waals surface area contributed by atoms with E-state index in [0.29, 0.717) is 6.04 Å². The molecule has 0 spiro atoms. The minimum absolute atomic E-state index is 0.159. The van der Waals surface area contributed by atoms with E-state index in [9.17, 15) is 4.39 Å². The third kappa shape index (κ3) is 3.59. The van der Waals surface area contributed by atoms with Crippen LogP contribution in [0.1, 0.15) is 39.5 Å². The van der Waals surface area contributed by atoms with Crippen LogP contribution in [0.25, 0.3) is 0 Å². The van der Waals surface area contributed by atoms with Crippen LogP contribution in [0.4, 0.5) is 10.1 Å². The molecule has 18 heavy (non-hydrogen) atoms. The molecule has 1 aromatic rings. The Hall–Kier alpha value is -0.320. The van der Waals surface area contributed by atoms with Crippen LogP contribution in [0.15, 0.2) is 18.2 Å². The molecule has 0 amide bonds. The Morgan fingerprint density at radius 3 is 2.78 bits per heavy atom. The van der Waals surface area contributed by atoms with E-state index in [0.717, 1.165) is 21.1 Å². The number of anilines is 1. The highest BCUT2D eigenvalue weighted by Crippen LogP contribution is 2.32. The van der Waals surface area contributed by atoms with E-state index >= 15 is 0 Å². The maximum Gasteiger partial charge on any atom is 0.124 e. The predicted octanol–water partition coefficient (Wildman–Crippen LogP) is 5.06. The summed E-state index contributed by atoms with van der Waals surface area (Å²) in [5, 5.41) is 3.59. The van der Waals surface area contributed by atoms with Crippen molar-refractivity contribution in [1.82, 2.24) is 0 Å². The molecule has 1 N–H and O–H groups in total. The van der Waals surface area contributed by atoms with E-state index in [1.807, 2.05) is 6.07 Å². The molecule has 1 nitrogen and oxygen atoms in total. The van der Waals surface area contributed by atoms with Gasteiger partial charge in [-0.25, -0.2) is 4.39 Å². The first-order chi connectivity index (χ1) is 8.56. The normalized spacial score (nSPS) is 24.3. The molecule has 2 unspecified atom stereocenters. The molecule has 1 aliphatic carbocycles. The second-order valence-corrected chi connectivity index (χ2v) is 6.80. The molecule has 0 bridgehead atoms. The third-order valence-electron chi connectivity index (χ3n) is 3.95. The summed E-state index contributed by atoms with van der Waals surface area (Å²) in [5.41, 5.74) is 1.08. The van der Waals surface area contributed by atoms with Crippen LogP contribution in [0.2, 0.25) is 0 Å². The van der Waals surface area contributed by atoms with Crippen LogP contribution < -0.4 is 5.32 Å². The summed E-state index contributed by atoms with van der Waals surface area (Å²) in [7, 11) is 0. The van der Waals surface area contributed by atoms with Crippen molar-refractivity contribution < 1.29 is 4.39 Å². The van der Waals surface area contributed by atoms with Crippen LogP contribution in [0, 0.1) is 21.2 Å². The standard InChI is InChI=1S/C15H21FIN/c1-10(2)11-4-3-5-13(8-11)18-15-7-6-12(16)9-14(15)17/h6-7,9-11,13,18H,3-5,8H2,1-2H3. The van der Waals surface area contributed by atoms with Gasteiger partial charge in [0.25, 0.3) is 0 Å². The Labute approximate surface area is 123 Å². The van der Waals surface area contributed by atoms with Gasteiger partial charge in [0.1, 0.15) is 5.82 Å². The first-order valence-electron chi connectivity index (χ1n) is 6.78. The molecule has 0 aliphatic heterocycles. The maximum absolute atomic E-state index is 13.1. The fourth-order valence-electron chi connectivity index (χ4n) is 2.79. The molecular weight excluding hydrogens is 340 g/mol. The number of nitrogens with one attached hydrogen (secondary N) is 1. The van der Waals surface area contributed by atoms with Crippen molar-refractivity contribution in [1.29, 1.82) is 0 Å². The molecule has 1 aliphatic rings. The lowest BCUT2D eigenvalue weighted by molar-refractivity contribution is 0.264. The van der Waals surface area contributed by atoms with Gasteiger partial charge in [0.15, 0.2) is 0 Å². The van der Waals surface area contributed by atoms with Crippen LogP contribution >= 0.6 is 22.6 Å². The molecule has 1 saturated carbocycles. The molecule has 100 valence electrons. The average Bonchev–Trinajstić information content (AvgIpc) is 2.33. The van der Waals surface area contributed by atoms with Gasteiger partial charge in [-0.3, -0.25) is 0 Å². The zero-order valence-corrected chi connectivity index (χ0v) is 13.2. The van der Waals surface area contributed by atoms with Gasteiger partial charge < -0.3 is 5.32 Å². The van der Waals surface area contributed by atoms with Gasteiger partial charge in [0, 0.05) is 15.3 Å². The number of benzene rings is 1. The topological polar surface area (TPSA) is 12.0 Å². The van der Waals surface area contributed by atoms with Crippen molar-refractivity contribution >= 4 is 28.3 Å². The highest BCUT2D eigenvalue weighted by molar-refractivity contribution is 14.1. The first-order valence-corrected chi connectivity index (χ1v) is 7.85. The van der Waals surface area contributed by atoms with E-state index in [2.05, 4.69) is 41.8 Å². The molecular formula is C15H21FIN. The zero-order valence-electron chi connectivity index (χ0n) is 11.0. The molecule has 3 heteroatoms. The molecule has 0 aromatic heterocycles. The second kappa shape index (κ2) is 6.22. The van der Waals surface area contributed by atoms with Gasteiger partial charge in [-0.15, -0.1) is 0 Å². The van der Waals surface area contributed by atoms with E-state index in [-0.39, 0.29) is 5.82 Å². The summed E-state index contributed by atoms with van der Waals surface area (Å²) in [6.45, 7) is 4.63. The van der Waals surface area contributed by atoms with Gasteiger partial charge in [-0.1, -0.05) is 26.7 Å². The first kappa shape index (κ1) is 14.1. The number of rotatable bonds is 3. The van der Waals surface area contributed by atoms with Crippen LogP contribution in [0.5, 0.6) is 0 Å². The smallest absolute Gasteiger partial charge is 0.124 e. The Morgan fingerprint density at radius 1 is 1.33 bits per heavy atom. The molecule has 2 rings (SSSR count). The van der Waals surface area contributed by atoms with Gasteiger partial charge in [-0.05, 0) is 65.5 Å². The molecule has 0 saturated heterocycles. The van der Waals surface area contributed by atoms with Crippen molar-refractivity contribution in [2.24, 2.45) is 11.8 Å². The fourth-order valence-corrected chi connectivity index (χ4v) is 3.42. The quantitative estimate of drug-likeness (QED) is 0.743. The van der Waals surface area contributed by atoms with Gasteiger partial charge in [-0.2, -0.15) is 0 Å². The van der Waals surface area contributed by atoms with Gasteiger partial charge >= 0.3 is 0 Å². The predicted molar refractivity (Wildman–Crippen MR) is 83.3 cm³/mol. The Bertz CT molecular complexity index is 405. The molecule has 0 heterocycles. The van der Waals surface area contributed by atoms with E-state index in [4.69, 9.17) is 0 Å². The Morgan fingerprint density at radius 2 is 2.11 bits per heavy atom. The molecule has 0 radical (unpaired) electrons. The van der Waals surface area contributed by atoms with Crippen LogP contribution in [0.3, 0.4) is 0 Å². The van der Waals surface area contributed by atoms with Crippen molar-refractivity contribution in [2.45, 2.75) is 45.6 Å². The average molecular weight is 361 g/mol. The number of halogens is 2. The van der Waals surface area contributed by atoms with Crippen LogP contribution in [-0.4, -0.2) is 6.04 Å². The van der Waals surface area contributed by atoms with Gasteiger partial charge in [0.2, 0.25) is 0 Å². The lowest BCUT2D eigenvalue weighted by atomic mass is 9.79. The van der Waals surface area contributed by atoms with Crippen molar-refractivity contribution in [3.8, 4) is 0 Å². The van der Waals surface area contributed by atoms with Crippen molar-refractivity contribution in [3.05, 3.63) is 27.6 Å². The lowest BCUT2D eigenvalue weighted by Crippen LogP contribution is -2.29. The Balaban J connectivity index is 2.00. The van der Waals surface area contributed by atoms with Gasteiger partial charge in [0.05, 0.1) is 0 Å². The second-order valence-electron chi connectivity index (χ2n) is 5.64. The largest absolute Gasteiger partial charge is 0.381 e. The molecule has 2 atom stereocenters. The van der Waals surface area contributed by atoms with Crippen molar-refractivity contribution in [3.63, 3.8) is 0 Å². The summed E-state index contributed by atoms with van der Waals surface area (Å²) in [5.74, 6) is 1.44. The van der Waals surface area contributed by atoms with Crippen molar-refractivity contribution in [2.75, 3.05) is 5.32 Å².